The second-order valence-electron chi connectivity index (χ2n) is 4.03. The van der Waals surface area contributed by atoms with Crippen LogP contribution in [0.5, 0.6) is 0 Å². The Kier molecular flexibility index (Phi) is 4.88. The van der Waals surface area contributed by atoms with Gasteiger partial charge in [-0.2, -0.15) is 0 Å². The molecule has 5 heteroatoms. The van der Waals surface area contributed by atoms with Gasteiger partial charge < -0.3 is 0 Å². The highest BCUT2D eigenvalue weighted by Crippen LogP contribution is 2.30. The molecule has 0 unspecified atom stereocenters. The van der Waals surface area contributed by atoms with Crippen molar-refractivity contribution < 1.29 is 4.79 Å². The van der Waals surface area contributed by atoms with Gasteiger partial charge in [0.05, 0.1) is 0 Å². The Morgan fingerprint density at radius 1 is 0.947 bits per heavy atom. The number of carbonyl (C=O) groups excluding carboxylic acids is 1. The Balaban J connectivity index is 2.53. The summed E-state index contributed by atoms with van der Waals surface area (Å²) in [5.74, 6) is -0.0592. The molecule has 0 aliphatic carbocycles. The highest BCUT2D eigenvalue weighted by molar-refractivity contribution is 9.11. The molecule has 0 atom stereocenters. The van der Waals surface area contributed by atoms with Crippen LogP contribution in [0, 0.1) is 6.92 Å². The molecule has 2 aromatic carbocycles. The fourth-order valence-electron chi connectivity index (χ4n) is 1.64. The third kappa shape index (κ3) is 3.30. The van der Waals surface area contributed by atoms with E-state index in [9.17, 15) is 4.79 Å². The summed E-state index contributed by atoms with van der Waals surface area (Å²) in [6, 6.07) is 8.88. The van der Waals surface area contributed by atoms with Gasteiger partial charge in [0.1, 0.15) is 0 Å². The van der Waals surface area contributed by atoms with Crippen LogP contribution in [-0.2, 0) is 0 Å². The Morgan fingerprint density at radius 2 is 1.58 bits per heavy atom. The van der Waals surface area contributed by atoms with E-state index in [0.29, 0.717) is 20.6 Å². The minimum absolute atomic E-state index is 0.0592. The Hall–Kier alpha value is -0.160. The molecule has 0 bridgehead atoms. The predicted molar refractivity (Wildman–Crippen MR) is 89.2 cm³/mol. The normalized spacial score (nSPS) is 10.6. The number of ketones is 1. The van der Waals surface area contributed by atoms with E-state index in [1.165, 1.54) is 0 Å². The van der Waals surface area contributed by atoms with Crippen molar-refractivity contribution in [3.05, 3.63) is 65.5 Å². The fraction of sp³-hybridized carbons (Fsp3) is 0.0714. The van der Waals surface area contributed by atoms with Gasteiger partial charge >= 0.3 is 0 Å². The van der Waals surface area contributed by atoms with Crippen molar-refractivity contribution in [2.24, 2.45) is 0 Å². The molecule has 0 N–H and O–H groups in total. The van der Waals surface area contributed by atoms with Gasteiger partial charge in [-0.1, -0.05) is 43.5 Å². The summed E-state index contributed by atoms with van der Waals surface area (Å²) in [7, 11) is 0. The average Bonchev–Trinajstić information content (AvgIpc) is 2.33. The minimum atomic E-state index is -0.0592. The topological polar surface area (TPSA) is 17.1 Å². The minimum Gasteiger partial charge on any atom is -0.289 e. The quantitative estimate of drug-likeness (QED) is 0.483. The predicted octanol–water partition coefficient (Wildman–Crippen LogP) is 6.17. The molecule has 0 saturated heterocycles. The molecule has 0 saturated carbocycles. The maximum absolute atomic E-state index is 12.5. The van der Waals surface area contributed by atoms with E-state index < -0.39 is 0 Å². The summed E-state index contributed by atoms with van der Waals surface area (Å²) in [4.78, 5) is 12.5. The van der Waals surface area contributed by atoms with Gasteiger partial charge in [-0.05, 0) is 58.7 Å². The third-order valence-electron chi connectivity index (χ3n) is 2.67. The highest BCUT2D eigenvalue weighted by atomic mass is 79.9. The summed E-state index contributed by atoms with van der Waals surface area (Å²) in [5, 5.41) is 0.590. The lowest BCUT2D eigenvalue weighted by atomic mass is 10.0. The Morgan fingerprint density at radius 3 is 2.21 bits per heavy atom. The molecule has 2 rings (SSSR count). The molecule has 0 spiro atoms. The molecule has 0 amide bonds. The largest absolute Gasteiger partial charge is 0.289 e. The molecule has 0 aliphatic heterocycles. The van der Waals surface area contributed by atoms with Crippen molar-refractivity contribution in [2.45, 2.75) is 6.92 Å². The summed E-state index contributed by atoms with van der Waals surface area (Å²) in [6.07, 6.45) is 0. The fourth-order valence-corrected chi connectivity index (χ4v) is 3.48. The molecular weight excluding hydrogens is 459 g/mol. The summed E-state index contributed by atoms with van der Waals surface area (Å²) in [6.45, 7) is 1.97. The lowest BCUT2D eigenvalue weighted by Gasteiger charge is -2.08. The van der Waals surface area contributed by atoms with Crippen molar-refractivity contribution in [3.8, 4) is 0 Å². The second kappa shape index (κ2) is 6.08. The smallest absolute Gasteiger partial charge is 0.195 e. The molecule has 0 radical (unpaired) electrons. The number of aryl methyl sites for hydroxylation is 1. The molecular formula is C14H8Br3ClO. The first-order valence-electron chi connectivity index (χ1n) is 5.35. The zero-order valence-corrected chi connectivity index (χ0v) is 15.3. The van der Waals surface area contributed by atoms with Gasteiger partial charge in [-0.15, -0.1) is 0 Å². The van der Waals surface area contributed by atoms with Gasteiger partial charge in [0.25, 0.3) is 0 Å². The molecule has 98 valence electrons. The van der Waals surface area contributed by atoms with Crippen molar-refractivity contribution in [3.63, 3.8) is 0 Å². The monoisotopic (exact) mass is 464 g/mol. The first kappa shape index (κ1) is 15.2. The first-order chi connectivity index (χ1) is 8.90. The van der Waals surface area contributed by atoms with E-state index in [-0.39, 0.29) is 5.78 Å². The number of halogens is 4. The average molecular weight is 467 g/mol. The van der Waals surface area contributed by atoms with Gasteiger partial charge in [0.15, 0.2) is 5.78 Å². The Bertz CT molecular complexity index is 668. The standard InChI is InChI=1S/C14H8Br3ClO/c1-7-4-12(16)10(6-11(7)15)14(19)9-3-2-8(18)5-13(9)17/h2-6H,1H3. The SMILES string of the molecule is Cc1cc(Br)c(C(=O)c2ccc(Cl)cc2Br)cc1Br. The van der Waals surface area contributed by atoms with Crippen LogP contribution in [0.4, 0.5) is 0 Å². The number of hydrogen-bond donors (Lipinski definition) is 0. The molecule has 0 fully saturated rings. The van der Waals surface area contributed by atoms with Crippen LogP contribution in [-0.4, -0.2) is 5.78 Å². The highest BCUT2D eigenvalue weighted by Gasteiger charge is 2.17. The summed E-state index contributed by atoms with van der Waals surface area (Å²) >= 11 is 16.1. The maximum Gasteiger partial charge on any atom is 0.195 e. The van der Waals surface area contributed by atoms with Gasteiger partial charge in [-0.3, -0.25) is 4.79 Å². The Labute approximate surface area is 141 Å². The van der Waals surface area contributed by atoms with Crippen LogP contribution in [0.2, 0.25) is 5.02 Å². The van der Waals surface area contributed by atoms with E-state index in [1.807, 2.05) is 19.1 Å². The van der Waals surface area contributed by atoms with Crippen LogP contribution in [0.3, 0.4) is 0 Å². The summed E-state index contributed by atoms with van der Waals surface area (Å²) < 4.78 is 2.37. The lowest BCUT2D eigenvalue weighted by Crippen LogP contribution is -2.04. The van der Waals surface area contributed by atoms with E-state index in [2.05, 4.69) is 47.8 Å². The zero-order chi connectivity index (χ0) is 14.2. The number of carbonyl (C=O) groups is 1. The van der Waals surface area contributed by atoms with Crippen LogP contribution in [0.25, 0.3) is 0 Å². The van der Waals surface area contributed by atoms with Crippen LogP contribution in [0.1, 0.15) is 21.5 Å². The molecule has 19 heavy (non-hydrogen) atoms. The number of rotatable bonds is 2. The zero-order valence-electron chi connectivity index (χ0n) is 9.81. The molecule has 0 aromatic heterocycles. The van der Waals surface area contributed by atoms with E-state index in [0.717, 1.165) is 14.5 Å². The van der Waals surface area contributed by atoms with Crippen LogP contribution < -0.4 is 0 Å². The lowest BCUT2D eigenvalue weighted by molar-refractivity contribution is 0.103. The third-order valence-corrected chi connectivity index (χ3v) is 5.07. The van der Waals surface area contributed by atoms with Crippen molar-refractivity contribution in [1.29, 1.82) is 0 Å². The van der Waals surface area contributed by atoms with E-state index >= 15 is 0 Å². The molecule has 2 aromatic rings. The van der Waals surface area contributed by atoms with Crippen molar-refractivity contribution >= 4 is 65.2 Å². The van der Waals surface area contributed by atoms with Crippen LogP contribution in [0.15, 0.2) is 43.7 Å². The van der Waals surface area contributed by atoms with Gasteiger partial charge in [0, 0.05) is 29.6 Å². The molecule has 0 aliphatic rings. The van der Waals surface area contributed by atoms with Gasteiger partial charge in [-0.25, -0.2) is 0 Å². The van der Waals surface area contributed by atoms with E-state index in [1.54, 1.807) is 18.2 Å². The summed E-state index contributed by atoms with van der Waals surface area (Å²) in [5.41, 5.74) is 2.26. The molecule has 1 nitrogen and oxygen atoms in total. The van der Waals surface area contributed by atoms with Crippen molar-refractivity contribution in [2.75, 3.05) is 0 Å². The van der Waals surface area contributed by atoms with Gasteiger partial charge in [0.2, 0.25) is 0 Å². The first-order valence-corrected chi connectivity index (χ1v) is 8.11. The second-order valence-corrected chi connectivity index (χ2v) is 7.03. The number of benzene rings is 2. The van der Waals surface area contributed by atoms with E-state index in [4.69, 9.17) is 11.6 Å². The number of hydrogen-bond acceptors (Lipinski definition) is 1. The maximum atomic E-state index is 12.5. The van der Waals surface area contributed by atoms with Crippen molar-refractivity contribution in [1.82, 2.24) is 0 Å². The van der Waals surface area contributed by atoms with Crippen LogP contribution >= 0.6 is 59.4 Å². The molecule has 0 heterocycles.